The smallest absolute Gasteiger partial charge is 0.255 e. The van der Waals surface area contributed by atoms with E-state index in [1.54, 1.807) is 17.5 Å². The molecule has 2 bridgehead atoms. The second-order valence-electron chi connectivity index (χ2n) is 6.20. The molecule has 1 aliphatic heterocycles. The zero-order valence-electron chi connectivity index (χ0n) is 13.3. The number of aromatic nitrogens is 1. The van der Waals surface area contributed by atoms with Crippen LogP contribution in [-0.2, 0) is 16.1 Å². The van der Waals surface area contributed by atoms with Crippen LogP contribution in [0, 0.1) is 0 Å². The van der Waals surface area contributed by atoms with Crippen molar-refractivity contribution < 1.29 is 14.3 Å². The molecule has 126 valence electrons. The first-order valence-electron chi connectivity index (χ1n) is 8.28. The van der Waals surface area contributed by atoms with E-state index < -0.39 is 0 Å². The van der Waals surface area contributed by atoms with E-state index in [9.17, 15) is 4.79 Å². The van der Waals surface area contributed by atoms with Gasteiger partial charge in [-0.3, -0.25) is 9.78 Å². The van der Waals surface area contributed by atoms with Gasteiger partial charge in [-0.25, -0.2) is 0 Å². The second-order valence-corrected chi connectivity index (χ2v) is 6.98. The molecule has 0 N–H and O–H groups in total. The van der Waals surface area contributed by atoms with Crippen LogP contribution in [0.5, 0.6) is 0 Å². The Bertz CT molecular complexity index is 677. The lowest BCUT2D eigenvalue weighted by molar-refractivity contribution is -0.0598. The Hall–Kier alpha value is -1.76. The Labute approximate surface area is 145 Å². The van der Waals surface area contributed by atoms with Crippen LogP contribution in [0.1, 0.15) is 28.8 Å². The molecule has 2 aromatic rings. The zero-order valence-corrected chi connectivity index (χ0v) is 14.2. The van der Waals surface area contributed by atoms with Gasteiger partial charge in [-0.15, -0.1) is 0 Å². The van der Waals surface area contributed by atoms with Gasteiger partial charge in [-0.05, 0) is 35.9 Å². The van der Waals surface area contributed by atoms with Crippen LogP contribution in [0.4, 0.5) is 0 Å². The normalized spacial score (nSPS) is 26.3. The molecule has 5 nitrogen and oxygen atoms in total. The number of hydrogen-bond acceptors (Lipinski definition) is 5. The number of nitrogens with zero attached hydrogens (tertiary/aromatic N) is 2. The number of carbonyl (C=O) groups excluding carboxylic acids is 1. The summed E-state index contributed by atoms with van der Waals surface area (Å²) in [4.78, 5) is 18.9. The third-order valence-corrected chi connectivity index (χ3v) is 5.43. The molecule has 3 unspecified atom stereocenters. The lowest BCUT2D eigenvalue weighted by Crippen LogP contribution is -2.46. The summed E-state index contributed by atoms with van der Waals surface area (Å²) in [6, 6.07) is 5.88. The molecular weight excluding hydrogens is 324 g/mol. The minimum atomic E-state index is -0.0738. The highest BCUT2D eigenvalue weighted by atomic mass is 32.1. The van der Waals surface area contributed by atoms with E-state index in [-0.39, 0.29) is 24.2 Å². The molecule has 3 atom stereocenters. The lowest BCUT2D eigenvalue weighted by atomic mass is 10.1. The van der Waals surface area contributed by atoms with Crippen molar-refractivity contribution in [2.75, 3.05) is 13.2 Å². The van der Waals surface area contributed by atoms with E-state index in [1.807, 2.05) is 40.1 Å². The number of rotatable bonds is 4. The molecule has 2 fully saturated rings. The Balaban J connectivity index is 1.50. The molecule has 1 saturated heterocycles. The SMILES string of the molecule is O=C(c1ccsc1)N1CCOC2CCC1C2OCc1cccnc1. The van der Waals surface area contributed by atoms with Crippen LogP contribution in [0.25, 0.3) is 0 Å². The van der Waals surface area contributed by atoms with E-state index >= 15 is 0 Å². The maximum Gasteiger partial charge on any atom is 0.255 e. The van der Waals surface area contributed by atoms with E-state index in [1.165, 1.54) is 0 Å². The van der Waals surface area contributed by atoms with Crippen molar-refractivity contribution in [2.24, 2.45) is 0 Å². The number of amides is 1. The molecule has 2 aromatic heterocycles. The number of thiophene rings is 1. The fourth-order valence-corrected chi connectivity index (χ4v) is 4.22. The molecule has 6 heteroatoms. The molecule has 2 aliphatic rings. The van der Waals surface area contributed by atoms with Gasteiger partial charge in [-0.2, -0.15) is 11.3 Å². The quantitative estimate of drug-likeness (QED) is 0.856. The lowest BCUT2D eigenvalue weighted by Gasteiger charge is -2.31. The number of carbonyl (C=O) groups is 1. The van der Waals surface area contributed by atoms with Crippen molar-refractivity contribution in [2.45, 2.75) is 37.7 Å². The Morgan fingerprint density at radius 1 is 1.42 bits per heavy atom. The molecular formula is C18H20N2O3S. The summed E-state index contributed by atoms with van der Waals surface area (Å²) in [7, 11) is 0. The molecule has 1 amide bonds. The number of fused-ring (bicyclic) bond motifs is 2. The van der Waals surface area contributed by atoms with Gasteiger partial charge in [0.15, 0.2) is 0 Å². The molecule has 1 aliphatic carbocycles. The van der Waals surface area contributed by atoms with Crippen LogP contribution in [0.15, 0.2) is 41.4 Å². The minimum absolute atomic E-state index is 0.0738. The van der Waals surface area contributed by atoms with Crippen molar-refractivity contribution in [1.29, 1.82) is 0 Å². The van der Waals surface area contributed by atoms with Gasteiger partial charge >= 0.3 is 0 Å². The topological polar surface area (TPSA) is 51.7 Å². The third-order valence-electron chi connectivity index (χ3n) is 4.75. The molecule has 0 spiro atoms. The molecule has 0 radical (unpaired) electrons. The Kier molecular flexibility index (Phi) is 4.60. The fourth-order valence-electron chi connectivity index (χ4n) is 3.59. The maximum absolute atomic E-state index is 12.8. The highest BCUT2D eigenvalue weighted by molar-refractivity contribution is 7.08. The summed E-state index contributed by atoms with van der Waals surface area (Å²) in [6.07, 6.45) is 5.44. The van der Waals surface area contributed by atoms with Gasteiger partial charge in [0.25, 0.3) is 5.91 Å². The van der Waals surface area contributed by atoms with Crippen molar-refractivity contribution >= 4 is 17.2 Å². The maximum atomic E-state index is 12.8. The van der Waals surface area contributed by atoms with Crippen molar-refractivity contribution in [3.05, 3.63) is 52.5 Å². The van der Waals surface area contributed by atoms with Gasteiger partial charge < -0.3 is 14.4 Å². The van der Waals surface area contributed by atoms with E-state index in [4.69, 9.17) is 9.47 Å². The minimum Gasteiger partial charge on any atom is -0.374 e. The van der Waals surface area contributed by atoms with Gasteiger partial charge in [0, 0.05) is 24.3 Å². The summed E-state index contributed by atoms with van der Waals surface area (Å²) in [5, 5.41) is 3.85. The predicted octanol–water partition coefficient (Wildman–Crippen LogP) is 2.73. The van der Waals surface area contributed by atoms with Crippen LogP contribution >= 0.6 is 11.3 Å². The Morgan fingerprint density at radius 2 is 2.38 bits per heavy atom. The number of pyridine rings is 1. The van der Waals surface area contributed by atoms with Gasteiger partial charge in [0.05, 0.1) is 30.9 Å². The van der Waals surface area contributed by atoms with Gasteiger partial charge in [0.1, 0.15) is 6.10 Å². The molecule has 0 aromatic carbocycles. The predicted molar refractivity (Wildman–Crippen MR) is 90.9 cm³/mol. The zero-order chi connectivity index (χ0) is 16.4. The summed E-state index contributed by atoms with van der Waals surface area (Å²) in [6.45, 7) is 1.70. The molecule has 1 saturated carbocycles. The summed E-state index contributed by atoms with van der Waals surface area (Å²) in [5.74, 6) is 0.0855. The first-order chi connectivity index (χ1) is 11.8. The second kappa shape index (κ2) is 7.01. The third kappa shape index (κ3) is 3.09. The van der Waals surface area contributed by atoms with E-state index in [0.717, 1.165) is 24.0 Å². The van der Waals surface area contributed by atoms with Gasteiger partial charge in [0.2, 0.25) is 0 Å². The standard InChI is InChI=1S/C18H20N2O3S/c21-18(14-5-9-24-12-14)20-7-8-22-16-4-3-15(20)17(16)23-11-13-2-1-6-19-10-13/h1-2,5-6,9-10,12,15-17H,3-4,7-8,11H2. The fraction of sp³-hybridized carbons (Fsp3) is 0.444. The summed E-state index contributed by atoms with van der Waals surface area (Å²) >= 11 is 1.55. The summed E-state index contributed by atoms with van der Waals surface area (Å²) < 4.78 is 12.1. The monoisotopic (exact) mass is 344 g/mol. The highest BCUT2D eigenvalue weighted by Gasteiger charge is 2.44. The first kappa shape index (κ1) is 15.7. The molecule has 4 rings (SSSR count). The van der Waals surface area contributed by atoms with Crippen LogP contribution in [0.3, 0.4) is 0 Å². The van der Waals surface area contributed by atoms with E-state index in [2.05, 4.69) is 4.98 Å². The summed E-state index contributed by atoms with van der Waals surface area (Å²) in [5.41, 5.74) is 1.80. The average molecular weight is 344 g/mol. The van der Waals surface area contributed by atoms with Gasteiger partial charge in [-0.1, -0.05) is 6.07 Å². The van der Waals surface area contributed by atoms with Crippen molar-refractivity contribution in [1.82, 2.24) is 9.88 Å². The number of ether oxygens (including phenoxy) is 2. The van der Waals surface area contributed by atoms with Crippen molar-refractivity contribution in [3.8, 4) is 0 Å². The molecule has 3 heterocycles. The highest BCUT2D eigenvalue weighted by Crippen LogP contribution is 2.33. The van der Waals surface area contributed by atoms with Crippen LogP contribution in [-0.4, -0.2) is 47.2 Å². The largest absolute Gasteiger partial charge is 0.374 e. The van der Waals surface area contributed by atoms with Crippen LogP contribution < -0.4 is 0 Å². The number of hydrogen-bond donors (Lipinski definition) is 0. The first-order valence-corrected chi connectivity index (χ1v) is 9.22. The van der Waals surface area contributed by atoms with Crippen LogP contribution in [0.2, 0.25) is 0 Å². The van der Waals surface area contributed by atoms with Crippen molar-refractivity contribution in [3.63, 3.8) is 0 Å². The Morgan fingerprint density at radius 3 is 3.17 bits per heavy atom. The van der Waals surface area contributed by atoms with E-state index in [0.29, 0.717) is 19.8 Å². The average Bonchev–Trinajstić information content (AvgIpc) is 3.22. The molecule has 24 heavy (non-hydrogen) atoms.